The number of rotatable bonds is 8. The van der Waals surface area contributed by atoms with Crippen LogP contribution in [-0.4, -0.2) is 16.6 Å². The van der Waals surface area contributed by atoms with Crippen LogP contribution in [0.1, 0.15) is 64.6 Å². The molecule has 7 rings (SSSR count). The second-order valence-corrected chi connectivity index (χ2v) is 12.2. The number of aromatic nitrogens is 1. The topological polar surface area (TPSA) is 88.3 Å². The largest absolute Gasteiger partial charge is 0.455 e. The Bertz CT molecular complexity index is 2200. The number of anilines is 2. The van der Waals surface area contributed by atoms with Crippen molar-refractivity contribution >= 4 is 33.8 Å². The number of hydrogen-bond acceptors (Lipinski definition) is 5. The van der Waals surface area contributed by atoms with Gasteiger partial charge in [0.2, 0.25) is 0 Å². The number of H-pyrrole nitrogens is 1. The molecule has 0 bridgehead atoms. The Labute approximate surface area is 266 Å². The van der Waals surface area contributed by atoms with Crippen LogP contribution >= 0.6 is 0 Å². The van der Waals surface area contributed by atoms with Crippen LogP contribution in [0, 0.1) is 0 Å². The molecule has 6 aromatic rings. The second kappa shape index (κ2) is 11.3. The highest BCUT2D eigenvalue weighted by molar-refractivity contribution is 6.31. The summed E-state index contributed by atoms with van der Waals surface area (Å²) in [4.78, 5) is 45.3. The minimum atomic E-state index is -0.555. The number of nitrogens with one attached hydrogen (secondary N) is 2. The highest BCUT2D eigenvalue weighted by Gasteiger charge is 2.34. The summed E-state index contributed by atoms with van der Waals surface area (Å²) in [5.41, 5.74) is 4.34. The van der Waals surface area contributed by atoms with E-state index in [1.807, 2.05) is 66.7 Å². The third-order valence-corrected chi connectivity index (χ3v) is 8.99. The normalized spacial score (nSPS) is 12.1. The molecular weight excluding hydrogens is 572 g/mol. The van der Waals surface area contributed by atoms with Crippen LogP contribution < -0.4 is 15.6 Å². The fraction of sp³-hybridized carbons (Fsp3) is 0.125. The molecule has 0 saturated carbocycles. The molecule has 1 aromatic heterocycles. The van der Waals surface area contributed by atoms with Crippen molar-refractivity contribution in [1.29, 1.82) is 0 Å². The van der Waals surface area contributed by atoms with Gasteiger partial charge in [-0.25, -0.2) is 0 Å². The lowest BCUT2D eigenvalue weighted by Crippen LogP contribution is -2.24. The van der Waals surface area contributed by atoms with Gasteiger partial charge >= 0.3 is 0 Å². The molecule has 6 nitrogen and oxygen atoms in total. The van der Waals surface area contributed by atoms with Gasteiger partial charge in [0.15, 0.2) is 17.3 Å². The first-order valence-electron chi connectivity index (χ1n) is 15.4. The Morgan fingerprint density at radius 3 is 2.09 bits per heavy atom. The molecule has 5 aromatic carbocycles. The van der Waals surface area contributed by atoms with Gasteiger partial charge in [-0.05, 0) is 47.2 Å². The molecule has 1 aliphatic rings. The molecule has 2 N–H and O–H groups in total. The van der Waals surface area contributed by atoms with Crippen LogP contribution in [-0.2, 0) is 5.41 Å². The fourth-order valence-corrected chi connectivity index (χ4v) is 6.10. The standard InChI is InChI=1S/C40H32N2O4/c1-4-40(2,3)25-19-21-27(22-20-25)46-31-23-30(41-26-15-9-6-10-16-26)33-34-32(28-17-11-12-18-29(28)38(33)44)35(39(45)42-36(31)34)37(43)24-13-7-5-8-14-24/h5-23,41H,4H2,1-3H3,(H,42,45). The highest BCUT2D eigenvalue weighted by atomic mass is 16.5. The van der Waals surface area contributed by atoms with E-state index in [0.717, 1.165) is 12.1 Å². The third kappa shape index (κ3) is 4.88. The first-order chi connectivity index (χ1) is 22.3. The number of carbonyl (C=O) groups excluding carboxylic acids is 2. The van der Waals surface area contributed by atoms with E-state index in [1.165, 1.54) is 5.56 Å². The van der Waals surface area contributed by atoms with Gasteiger partial charge in [-0.1, -0.05) is 106 Å². The van der Waals surface area contributed by atoms with Gasteiger partial charge in [0.1, 0.15) is 5.75 Å². The monoisotopic (exact) mass is 604 g/mol. The molecule has 0 unspecified atom stereocenters. The summed E-state index contributed by atoms with van der Waals surface area (Å²) in [5.74, 6) is 0.288. The van der Waals surface area contributed by atoms with E-state index in [-0.39, 0.29) is 16.8 Å². The van der Waals surface area contributed by atoms with Crippen LogP contribution in [0.5, 0.6) is 11.5 Å². The summed E-state index contributed by atoms with van der Waals surface area (Å²) in [5, 5.41) is 3.88. The number of ether oxygens (including phenoxy) is 1. The molecule has 6 heteroatoms. The summed E-state index contributed by atoms with van der Waals surface area (Å²) in [6, 6.07) is 35.0. The number of pyridine rings is 1. The molecule has 0 amide bonds. The number of fused-ring (bicyclic) bond motifs is 2. The van der Waals surface area contributed by atoms with E-state index in [0.29, 0.717) is 55.9 Å². The van der Waals surface area contributed by atoms with Crippen molar-refractivity contribution in [2.75, 3.05) is 5.32 Å². The van der Waals surface area contributed by atoms with Crippen molar-refractivity contribution in [3.8, 4) is 22.6 Å². The summed E-state index contributed by atoms with van der Waals surface area (Å²) < 4.78 is 6.51. The summed E-state index contributed by atoms with van der Waals surface area (Å²) in [7, 11) is 0. The van der Waals surface area contributed by atoms with Crippen molar-refractivity contribution in [1.82, 2.24) is 4.98 Å². The maximum absolute atomic E-state index is 14.3. The van der Waals surface area contributed by atoms with Crippen molar-refractivity contribution in [2.24, 2.45) is 0 Å². The molecule has 0 radical (unpaired) electrons. The van der Waals surface area contributed by atoms with Gasteiger partial charge in [0, 0.05) is 33.8 Å². The van der Waals surface area contributed by atoms with Gasteiger partial charge in [-0.2, -0.15) is 0 Å². The predicted molar refractivity (Wildman–Crippen MR) is 183 cm³/mol. The Hall–Kier alpha value is -5.75. The molecule has 226 valence electrons. The van der Waals surface area contributed by atoms with E-state index in [4.69, 9.17) is 4.74 Å². The smallest absolute Gasteiger partial charge is 0.260 e. The van der Waals surface area contributed by atoms with Gasteiger partial charge < -0.3 is 15.0 Å². The van der Waals surface area contributed by atoms with Gasteiger partial charge in [0.05, 0.1) is 22.3 Å². The number of para-hydroxylation sites is 1. The molecule has 46 heavy (non-hydrogen) atoms. The zero-order valence-electron chi connectivity index (χ0n) is 25.8. The quantitative estimate of drug-likeness (QED) is 0.169. The van der Waals surface area contributed by atoms with Gasteiger partial charge in [-0.3, -0.25) is 14.4 Å². The van der Waals surface area contributed by atoms with E-state index in [1.54, 1.807) is 48.5 Å². The van der Waals surface area contributed by atoms with Crippen LogP contribution in [0.4, 0.5) is 11.4 Å². The Balaban J connectivity index is 1.52. The van der Waals surface area contributed by atoms with Crippen LogP contribution in [0.15, 0.2) is 120 Å². The van der Waals surface area contributed by atoms with Gasteiger partial charge in [0.25, 0.3) is 5.56 Å². The number of hydrogen-bond donors (Lipinski definition) is 2. The van der Waals surface area contributed by atoms with E-state index >= 15 is 0 Å². The molecule has 0 saturated heterocycles. The Kier molecular flexibility index (Phi) is 7.13. The van der Waals surface area contributed by atoms with Crippen molar-refractivity contribution in [3.63, 3.8) is 0 Å². The summed E-state index contributed by atoms with van der Waals surface area (Å²) in [6.45, 7) is 6.56. The molecule has 1 aliphatic carbocycles. The van der Waals surface area contributed by atoms with Crippen molar-refractivity contribution in [3.05, 3.63) is 153 Å². The highest BCUT2D eigenvalue weighted by Crippen LogP contribution is 2.47. The number of ketones is 2. The zero-order chi connectivity index (χ0) is 32.0. The average Bonchev–Trinajstić information content (AvgIpc) is 3.08. The van der Waals surface area contributed by atoms with Crippen molar-refractivity contribution < 1.29 is 14.3 Å². The maximum atomic E-state index is 14.3. The van der Waals surface area contributed by atoms with Gasteiger partial charge in [-0.15, -0.1) is 0 Å². The third-order valence-electron chi connectivity index (χ3n) is 8.99. The second-order valence-electron chi connectivity index (χ2n) is 12.2. The summed E-state index contributed by atoms with van der Waals surface area (Å²) >= 11 is 0. The maximum Gasteiger partial charge on any atom is 0.260 e. The molecule has 1 heterocycles. The van der Waals surface area contributed by atoms with E-state index in [9.17, 15) is 14.4 Å². The zero-order valence-corrected chi connectivity index (χ0v) is 25.8. The molecule has 0 fully saturated rings. The number of benzene rings is 5. The van der Waals surface area contributed by atoms with Crippen LogP contribution in [0.2, 0.25) is 0 Å². The first kappa shape index (κ1) is 29.0. The predicted octanol–water partition coefficient (Wildman–Crippen LogP) is 9.19. The van der Waals surface area contributed by atoms with E-state index < -0.39 is 11.3 Å². The lowest BCUT2D eigenvalue weighted by atomic mass is 9.80. The lowest BCUT2D eigenvalue weighted by Gasteiger charge is -2.26. The number of carbonyl (C=O) groups is 2. The minimum Gasteiger partial charge on any atom is -0.455 e. The fourth-order valence-electron chi connectivity index (χ4n) is 6.10. The number of aromatic amines is 1. The van der Waals surface area contributed by atoms with Crippen molar-refractivity contribution in [2.45, 2.75) is 32.6 Å². The molecular formula is C40H32N2O4. The van der Waals surface area contributed by atoms with E-state index in [2.05, 4.69) is 31.1 Å². The molecule has 0 aliphatic heterocycles. The average molecular weight is 605 g/mol. The Morgan fingerprint density at radius 2 is 1.41 bits per heavy atom. The lowest BCUT2D eigenvalue weighted by molar-refractivity contribution is 0.102. The molecule has 0 atom stereocenters. The van der Waals surface area contributed by atoms with Crippen LogP contribution in [0.3, 0.4) is 0 Å². The molecule has 0 spiro atoms. The summed E-state index contributed by atoms with van der Waals surface area (Å²) in [6.07, 6.45) is 0.984. The minimum absolute atomic E-state index is 0.00618. The SMILES string of the molecule is CCC(C)(C)c1ccc(Oc2cc(Nc3ccccc3)c3c4c(c(C(=O)c5ccccc5)c(=O)[nH]c24)-c2ccccc2C3=O)cc1. The Morgan fingerprint density at radius 1 is 0.783 bits per heavy atom. The van der Waals surface area contributed by atoms with Crippen LogP contribution in [0.25, 0.3) is 22.0 Å². The first-order valence-corrected chi connectivity index (χ1v) is 15.4.